The Bertz CT molecular complexity index is 1060. The van der Waals surface area contributed by atoms with Gasteiger partial charge >= 0.3 is 0 Å². The number of Topliss-reactive ketones (excluding diaryl/α,β-unsaturated/α-hetero) is 1. The molecule has 25 heavy (non-hydrogen) atoms. The number of sulfonamides is 1. The molecule has 0 spiro atoms. The van der Waals surface area contributed by atoms with Gasteiger partial charge in [0, 0.05) is 18.2 Å². The largest absolute Gasteiger partial charge is 0.294 e. The van der Waals surface area contributed by atoms with Gasteiger partial charge in [-0.3, -0.25) is 9.79 Å². The molecule has 0 fully saturated rings. The lowest BCUT2D eigenvalue weighted by Gasteiger charge is -2.01. The summed E-state index contributed by atoms with van der Waals surface area (Å²) in [5, 5.41) is 7.14. The number of aliphatic imine (C=N–C) groups is 1. The second kappa shape index (κ2) is 6.96. The van der Waals surface area contributed by atoms with Gasteiger partial charge in [0.25, 0.3) is 0 Å². The average molecular weight is 352 g/mol. The van der Waals surface area contributed by atoms with Crippen molar-refractivity contribution < 1.29 is 13.2 Å². The summed E-state index contributed by atoms with van der Waals surface area (Å²) in [5.41, 5.74) is 1.19. The first kappa shape index (κ1) is 17.0. The van der Waals surface area contributed by atoms with Gasteiger partial charge in [-0.2, -0.15) is 0 Å². The SMILES string of the molecule is NS(=O)(=O)c1ccc(N=CCC(=O)c2ccc3ccccc3c2)cc1. The van der Waals surface area contributed by atoms with Crippen molar-refractivity contribution in [3.8, 4) is 0 Å². The first-order chi connectivity index (χ1) is 11.9. The number of nitrogens with two attached hydrogens (primary N) is 1. The van der Waals surface area contributed by atoms with E-state index in [1.54, 1.807) is 6.07 Å². The van der Waals surface area contributed by atoms with Crippen LogP contribution in [0.25, 0.3) is 10.8 Å². The van der Waals surface area contributed by atoms with E-state index >= 15 is 0 Å². The molecule has 0 heterocycles. The van der Waals surface area contributed by atoms with Crippen LogP contribution >= 0.6 is 0 Å². The van der Waals surface area contributed by atoms with Gasteiger partial charge in [0.1, 0.15) is 0 Å². The van der Waals surface area contributed by atoms with Crippen molar-refractivity contribution in [2.75, 3.05) is 0 Å². The fraction of sp³-hybridized carbons (Fsp3) is 0.0526. The fourth-order valence-electron chi connectivity index (χ4n) is 2.44. The van der Waals surface area contributed by atoms with Crippen molar-refractivity contribution in [2.45, 2.75) is 11.3 Å². The number of carbonyl (C=O) groups is 1. The molecule has 3 rings (SSSR count). The minimum absolute atomic E-state index is 0.0266. The van der Waals surface area contributed by atoms with Gasteiger partial charge in [0.2, 0.25) is 10.0 Å². The maximum absolute atomic E-state index is 12.3. The van der Waals surface area contributed by atoms with Gasteiger partial charge in [-0.15, -0.1) is 0 Å². The Balaban J connectivity index is 1.69. The van der Waals surface area contributed by atoms with E-state index in [0.29, 0.717) is 11.3 Å². The molecule has 6 heteroatoms. The molecule has 126 valence electrons. The molecule has 0 atom stereocenters. The van der Waals surface area contributed by atoms with Gasteiger partial charge in [-0.05, 0) is 41.1 Å². The molecule has 0 amide bonds. The minimum atomic E-state index is -3.71. The normalized spacial score (nSPS) is 11.9. The highest BCUT2D eigenvalue weighted by molar-refractivity contribution is 7.89. The maximum Gasteiger partial charge on any atom is 0.238 e. The summed E-state index contributed by atoms with van der Waals surface area (Å²) in [6.45, 7) is 0. The van der Waals surface area contributed by atoms with Gasteiger partial charge < -0.3 is 0 Å². The van der Waals surface area contributed by atoms with Crippen LogP contribution in [0.4, 0.5) is 5.69 Å². The van der Waals surface area contributed by atoms with E-state index in [9.17, 15) is 13.2 Å². The number of hydrogen-bond donors (Lipinski definition) is 1. The van der Waals surface area contributed by atoms with E-state index < -0.39 is 10.0 Å². The second-order valence-corrected chi connectivity index (χ2v) is 7.10. The number of nitrogens with zero attached hydrogens (tertiary/aromatic N) is 1. The maximum atomic E-state index is 12.3. The highest BCUT2D eigenvalue weighted by Crippen LogP contribution is 2.17. The molecule has 0 radical (unpaired) electrons. The summed E-state index contributed by atoms with van der Waals surface area (Å²) in [5.74, 6) is -0.0318. The Morgan fingerprint density at radius 2 is 1.64 bits per heavy atom. The summed E-state index contributed by atoms with van der Waals surface area (Å²) in [4.78, 5) is 16.5. The quantitative estimate of drug-likeness (QED) is 0.563. The Hall–Kier alpha value is -2.83. The lowest BCUT2D eigenvalue weighted by Crippen LogP contribution is -2.11. The average Bonchev–Trinajstić information content (AvgIpc) is 2.61. The number of hydrogen-bond acceptors (Lipinski definition) is 4. The second-order valence-electron chi connectivity index (χ2n) is 5.54. The van der Waals surface area contributed by atoms with Crippen LogP contribution in [0.3, 0.4) is 0 Å². The van der Waals surface area contributed by atoms with Crippen molar-refractivity contribution in [1.82, 2.24) is 0 Å². The van der Waals surface area contributed by atoms with E-state index in [-0.39, 0.29) is 17.1 Å². The summed E-state index contributed by atoms with van der Waals surface area (Å²) in [6, 6.07) is 19.3. The van der Waals surface area contributed by atoms with E-state index in [4.69, 9.17) is 5.14 Å². The monoisotopic (exact) mass is 352 g/mol. The molecule has 2 N–H and O–H groups in total. The van der Waals surface area contributed by atoms with Crippen LogP contribution in [0.1, 0.15) is 16.8 Å². The Morgan fingerprint density at radius 3 is 2.32 bits per heavy atom. The zero-order chi connectivity index (χ0) is 17.9. The van der Waals surface area contributed by atoms with Crippen molar-refractivity contribution in [3.63, 3.8) is 0 Å². The Labute approximate surface area is 145 Å². The van der Waals surface area contributed by atoms with Crippen LogP contribution < -0.4 is 5.14 Å². The van der Waals surface area contributed by atoms with Crippen LogP contribution in [0, 0.1) is 0 Å². The van der Waals surface area contributed by atoms with E-state index in [0.717, 1.165) is 10.8 Å². The van der Waals surface area contributed by atoms with Crippen LogP contribution in [-0.4, -0.2) is 20.4 Å². The fourth-order valence-corrected chi connectivity index (χ4v) is 2.95. The first-order valence-corrected chi connectivity index (χ1v) is 9.15. The molecule has 0 aliphatic carbocycles. The zero-order valence-corrected chi connectivity index (χ0v) is 14.1. The zero-order valence-electron chi connectivity index (χ0n) is 13.3. The van der Waals surface area contributed by atoms with Crippen molar-refractivity contribution in [1.29, 1.82) is 0 Å². The summed E-state index contributed by atoms with van der Waals surface area (Å²) in [6.07, 6.45) is 1.68. The Morgan fingerprint density at radius 1 is 0.960 bits per heavy atom. The summed E-state index contributed by atoms with van der Waals surface area (Å²) >= 11 is 0. The molecule has 0 aliphatic heterocycles. The van der Waals surface area contributed by atoms with Crippen molar-refractivity contribution in [3.05, 3.63) is 72.3 Å². The van der Waals surface area contributed by atoms with E-state index in [1.807, 2.05) is 36.4 Å². The third kappa shape index (κ3) is 4.17. The molecule has 3 aromatic carbocycles. The van der Waals surface area contributed by atoms with Crippen LogP contribution in [-0.2, 0) is 10.0 Å². The van der Waals surface area contributed by atoms with Gasteiger partial charge in [-0.1, -0.05) is 36.4 Å². The van der Waals surface area contributed by atoms with Crippen molar-refractivity contribution in [2.24, 2.45) is 10.1 Å². The number of benzene rings is 3. The van der Waals surface area contributed by atoms with Crippen LogP contribution in [0.5, 0.6) is 0 Å². The number of primary sulfonamides is 1. The summed E-state index contributed by atoms with van der Waals surface area (Å²) in [7, 11) is -3.71. The number of rotatable bonds is 5. The van der Waals surface area contributed by atoms with Crippen LogP contribution in [0.2, 0.25) is 0 Å². The number of ketones is 1. The standard InChI is InChI=1S/C19H16N2O3S/c20-25(23,24)18-9-7-17(8-10-18)21-12-11-19(22)16-6-5-14-3-1-2-4-15(14)13-16/h1-10,12-13H,11H2,(H2,20,23,24). The predicted octanol–water partition coefficient (Wildman–Crippen LogP) is 3.46. The van der Waals surface area contributed by atoms with Gasteiger partial charge in [0.15, 0.2) is 5.78 Å². The van der Waals surface area contributed by atoms with Gasteiger partial charge in [-0.25, -0.2) is 13.6 Å². The van der Waals surface area contributed by atoms with E-state index in [1.165, 1.54) is 30.5 Å². The van der Waals surface area contributed by atoms with Crippen molar-refractivity contribution >= 4 is 38.5 Å². The molecular formula is C19H16N2O3S. The lowest BCUT2D eigenvalue weighted by atomic mass is 10.0. The molecule has 0 aliphatic rings. The predicted molar refractivity (Wildman–Crippen MR) is 98.9 cm³/mol. The third-order valence-electron chi connectivity index (χ3n) is 3.75. The number of fused-ring (bicyclic) bond motifs is 1. The highest BCUT2D eigenvalue weighted by Gasteiger charge is 2.07. The third-order valence-corrected chi connectivity index (χ3v) is 4.68. The lowest BCUT2D eigenvalue weighted by molar-refractivity contribution is 0.100. The molecule has 0 saturated heterocycles. The number of carbonyl (C=O) groups excluding carboxylic acids is 1. The molecule has 5 nitrogen and oxygen atoms in total. The molecule has 3 aromatic rings. The van der Waals surface area contributed by atoms with Crippen LogP contribution in [0.15, 0.2) is 76.6 Å². The topological polar surface area (TPSA) is 89.6 Å². The molecule has 0 saturated carbocycles. The minimum Gasteiger partial charge on any atom is -0.294 e. The molecule has 0 bridgehead atoms. The highest BCUT2D eigenvalue weighted by atomic mass is 32.2. The first-order valence-electron chi connectivity index (χ1n) is 7.61. The Kier molecular flexibility index (Phi) is 4.74. The smallest absolute Gasteiger partial charge is 0.238 e. The molecule has 0 unspecified atom stereocenters. The summed E-state index contributed by atoms with van der Waals surface area (Å²) < 4.78 is 22.4. The molecular weight excluding hydrogens is 336 g/mol. The molecule has 0 aromatic heterocycles. The van der Waals surface area contributed by atoms with Gasteiger partial charge in [0.05, 0.1) is 10.6 Å². The van der Waals surface area contributed by atoms with E-state index in [2.05, 4.69) is 4.99 Å².